The molecule has 3 rings (SSSR count). The molecule has 1 aromatic rings. The lowest BCUT2D eigenvalue weighted by molar-refractivity contribution is -0.301. The summed E-state index contributed by atoms with van der Waals surface area (Å²) in [7, 11) is 0. The van der Waals surface area contributed by atoms with Crippen LogP contribution in [0.2, 0.25) is 0 Å². The Bertz CT molecular complexity index is 939. The van der Waals surface area contributed by atoms with Gasteiger partial charge in [-0.15, -0.1) is 6.58 Å². The number of carbonyl (C=O) groups excluding carboxylic acids is 1. The summed E-state index contributed by atoms with van der Waals surface area (Å²) in [6, 6.07) is 10.2. The van der Waals surface area contributed by atoms with E-state index in [4.69, 9.17) is 23.7 Å². The molecule has 5 atom stereocenters. The average Bonchev–Trinajstić information content (AvgIpc) is 3.24. The van der Waals surface area contributed by atoms with Crippen molar-refractivity contribution >= 4 is 5.78 Å². The lowest BCUT2D eigenvalue weighted by atomic mass is 9.91. The highest BCUT2D eigenvalue weighted by molar-refractivity contribution is 5.78. The third kappa shape index (κ3) is 12.5. The Morgan fingerprint density at radius 2 is 1.68 bits per heavy atom. The molecule has 0 radical (unpaired) electrons. The van der Waals surface area contributed by atoms with E-state index in [-0.39, 0.29) is 36.1 Å². The predicted octanol–water partition coefficient (Wildman–Crippen LogP) is 8.09. The van der Waals surface area contributed by atoms with Gasteiger partial charge < -0.3 is 23.7 Å². The fourth-order valence-electron chi connectivity index (χ4n) is 5.85. The number of ketones is 1. The molecule has 2 aliphatic heterocycles. The fraction of sp³-hybridized carbons (Fsp3) is 0.686. The van der Waals surface area contributed by atoms with Gasteiger partial charge in [-0.3, -0.25) is 4.79 Å². The molecule has 41 heavy (non-hydrogen) atoms. The zero-order valence-corrected chi connectivity index (χ0v) is 26.1. The van der Waals surface area contributed by atoms with Gasteiger partial charge in [0.05, 0.1) is 37.6 Å². The van der Waals surface area contributed by atoms with Crippen LogP contribution in [0.3, 0.4) is 0 Å². The Morgan fingerprint density at radius 1 is 0.976 bits per heavy atom. The second kappa shape index (κ2) is 16.7. The molecule has 230 valence electrons. The van der Waals surface area contributed by atoms with Crippen molar-refractivity contribution in [1.82, 2.24) is 0 Å². The van der Waals surface area contributed by atoms with E-state index >= 15 is 0 Å². The van der Waals surface area contributed by atoms with Crippen LogP contribution < -0.4 is 0 Å². The minimum atomic E-state index is -0.615. The first-order valence-corrected chi connectivity index (χ1v) is 15.7. The number of hydrogen-bond acceptors (Lipinski definition) is 6. The van der Waals surface area contributed by atoms with Crippen LogP contribution in [0, 0.1) is 5.92 Å². The van der Waals surface area contributed by atoms with E-state index in [1.54, 1.807) is 0 Å². The zero-order chi connectivity index (χ0) is 29.7. The number of carbonyl (C=O) groups is 1. The van der Waals surface area contributed by atoms with Gasteiger partial charge in [-0.2, -0.15) is 0 Å². The molecule has 0 aromatic heterocycles. The molecule has 0 spiro atoms. The average molecular weight is 571 g/mol. The van der Waals surface area contributed by atoms with E-state index in [0.29, 0.717) is 26.1 Å². The molecule has 0 bridgehead atoms. The van der Waals surface area contributed by atoms with Gasteiger partial charge in [0.2, 0.25) is 0 Å². The van der Waals surface area contributed by atoms with Crippen molar-refractivity contribution in [3.05, 3.63) is 60.7 Å². The quantitative estimate of drug-likeness (QED) is 0.131. The van der Waals surface area contributed by atoms with Gasteiger partial charge in [-0.05, 0) is 84.1 Å². The lowest BCUT2D eigenvalue weighted by Crippen LogP contribution is -2.44. The van der Waals surface area contributed by atoms with Crippen LogP contribution in [0.25, 0.3) is 0 Å². The number of rotatable bonds is 18. The minimum Gasteiger partial charge on any atom is -0.376 e. The van der Waals surface area contributed by atoms with Crippen LogP contribution in [0.15, 0.2) is 55.1 Å². The van der Waals surface area contributed by atoms with E-state index in [2.05, 4.69) is 37.8 Å². The monoisotopic (exact) mass is 570 g/mol. The second-order valence-electron chi connectivity index (χ2n) is 12.6. The molecular weight excluding hydrogens is 516 g/mol. The van der Waals surface area contributed by atoms with Gasteiger partial charge in [-0.1, -0.05) is 55.5 Å². The Hall–Kier alpha value is -1.83. The largest absolute Gasteiger partial charge is 0.376 e. The van der Waals surface area contributed by atoms with Gasteiger partial charge in [0.25, 0.3) is 0 Å². The second-order valence-corrected chi connectivity index (χ2v) is 12.6. The minimum absolute atomic E-state index is 0.0208. The lowest BCUT2D eigenvalue weighted by Gasteiger charge is -2.41. The first-order chi connectivity index (χ1) is 19.6. The summed E-state index contributed by atoms with van der Waals surface area (Å²) in [6.45, 7) is 15.2. The summed E-state index contributed by atoms with van der Waals surface area (Å²) in [6.07, 6.45) is 14.7. The molecule has 1 aromatic carbocycles. The fourth-order valence-corrected chi connectivity index (χ4v) is 5.85. The topological polar surface area (TPSA) is 63.2 Å². The summed E-state index contributed by atoms with van der Waals surface area (Å²) in [5, 5.41) is 0. The summed E-state index contributed by atoms with van der Waals surface area (Å²) >= 11 is 0. The van der Waals surface area contributed by atoms with E-state index in [9.17, 15) is 4.79 Å². The molecule has 0 unspecified atom stereocenters. The van der Waals surface area contributed by atoms with Crippen molar-refractivity contribution in [2.45, 2.75) is 141 Å². The molecule has 2 aliphatic rings. The molecule has 6 nitrogen and oxygen atoms in total. The van der Waals surface area contributed by atoms with Crippen LogP contribution in [-0.4, -0.2) is 48.4 Å². The maximum atomic E-state index is 12.9. The van der Waals surface area contributed by atoms with Gasteiger partial charge in [0, 0.05) is 19.3 Å². The smallest absolute Gasteiger partial charge is 0.163 e. The number of Topliss-reactive ketones (excluding diaryl/α,β-unsaturated/α-hetero) is 1. The highest BCUT2D eigenvalue weighted by atomic mass is 16.8. The summed E-state index contributed by atoms with van der Waals surface area (Å²) < 4.78 is 30.6. The Labute approximate surface area is 248 Å². The molecule has 6 heteroatoms. The summed E-state index contributed by atoms with van der Waals surface area (Å²) in [4.78, 5) is 12.9. The van der Waals surface area contributed by atoms with Crippen molar-refractivity contribution in [2.75, 3.05) is 6.61 Å². The Kier molecular flexibility index (Phi) is 13.7. The first-order valence-electron chi connectivity index (χ1n) is 15.7. The molecule has 0 saturated carbocycles. The predicted molar refractivity (Wildman–Crippen MR) is 163 cm³/mol. The zero-order valence-electron chi connectivity index (χ0n) is 26.1. The standard InChI is InChI=1S/C35H54O6/c1-7-8-11-18-30-25-31(39-34(3,4)38-30)23-22-29(36)21-20-27(2)33-32(40-35(5,6)41-33)19-14-10-15-24-37-26-28-16-12-9-13-17-28/h7,9-10,12-14,16-17,27,30-33H,1,8,11,15,18-26H2,2-6H3/b14-10-/t27-,30+,31+,32-,33-/m1/s1. The van der Waals surface area contributed by atoms with Gasteiger partial charge in [0.15, 0.2) is 11.6 Å². The van der Waals surface area contributed by atoms with Crippen LogP contribution >= 0.6 is 0 Å². The Balaban J connectivity index is 1.37. The normalized spacial score (nSPS) is 26.3. The molecule has 2 heterocycles. The van der Waals surface area contributed by atoms with Crippen LogP contribution in [-0.2, 0) is 35.1 Å². The van der Waals surface area contributed by atoms with Crippen molar-refractivity contribution in [3.8, 4) is 0 Å². The van der Waals surface area contributed by atoms with Gasteiger partial charge in [0.1, 0.15) is 5.78 Å². The number of ether oxygens (including phenoxy) is 5. The molecule has 0 amide bonds. The number of unbranched alkanes of at least 4 members (excludes halogenated alkanes) is 1. The number of allylic oxidation sites excluding steroid dienone is 1. The molecule has 0 aliphatic carbocycles. The van der Waals surface area contributed by atoms with E-state index < -0.39 is 11.6 Å². The maximum Gasteiger partial charge on any atom is 0.163 e. The highest BCUT2D eigenvalue weighted by Gasteiger charge is 2.43. The van der Waals surface area contributed by atoms with E-state index in [1.807, 2.05) is 52.0 Å². The third-order valence-corrected chi connectivity index (χ3v) is 7.84. The van der Waals surface area contributed by atoms with E-state index in [0.717, 1.165) is 51.4 Å². The van der Waals surface area contributed by atoms with E-state index in [1.165, 1.54) is 5.56 Å². The molecule has 0 N–H and O–H groups in total. The summed E-state index contributed by atoms with van der Waals surface area (Å²) in [5.41, 5.74) is 1.19. The molecule has 2 saturated heterocycles. The summed E-state index contributed by atoms with van der Waals surface area (Å²) in [5.74, 6) is -0.709. The maximum absolute atomic E-state index is 12.9. The Morgan fingerprint density at radius 3 is 2.41 bits per heavy atom. The molecular formula is C35H54O6. The SMILES string of the molecule is C=CCCC[C@H]1C[C@H](CCC(=O)CC[C@@H](C)[C@H]2OC(C)(C)O[C@@H]2C/C=C\CCOCc2ccccc2)OC(C)(C)O1. The van der Waals surface area contributed by atoms with Gasteiger partial charge >= 0.3 is 0 Å². The highest BCUT2D eigenvalue weighted by Crippen LogP contribution is 2.36. The first kappa shape index (κ1) is 33.7. The van der Waals surface area contributed by atoms with Crippen LogP contribution in [0.5, 0.6) is 0 Å². The van der Waals surface area contributed by atoms with Gasteiger partial charge in [-0.25, -0.2) is 0 Å². The van der Waals surface area contributed by atoms with Crippen molar-refractivity contribution in [1.29, 1.82) is 0 Å². The molecule has 2 fully saturated rings. The van der Waals surface area contributed by atoms with Crippen LogP contribution in [0.1, 0.15) is 104 Å². The van der Waals surface area contributed by atoms with Crippen molar-refractivity contribution in [2.24, 2.45) is 5.92 Å². The van der Waals surface area contributed by atoms with Crippen molar-refractivity contribution < 1.29 is 28.5 Å². The number of benzene rings is 1. The van der Waals surface area contributed by atoms with Crippen LogP contribution in [0.4, 0.5) is 0 Å². The third-order valence-electron chi connectivity index (χ3n) is 7.84. The van der Waals surface area contributed by atoms with Crippen molar-refractivity contribution in [3.63, 3.8) is 0 Å². The number of hydrogen-bond donors (Lipinski definition) is 0.